The Labute approximate surface area is 191 Å². The fourth-order valence-corrected chi connectivity index (χ4v) is 6.16. The fraction of sp³-hybridized carbons (Fsp3) is 0.346. The Bertz CT molecular complexity index is 1180. The second-order valence-electron chi connectivity index (χ2n) is 9.20. The molecule has 0 spiro atoms. The third-order valence-electron chi connectivity index (χ3n) is 7.71. The number of hydrogen-bond donors (Lipinski definition) is 1. The van der Waals surface area contributed by atoms with Crippen LogP contribution < -0.4 is 19.7 Å². The highest BCUT2D eigenvalue weighted by Crippen LogP contribution is 2.65. The van der Waals surface area contributed by atoms with Crippen molar-refractivity contribution in [1.82, 2.24) is 0 Å². The number of amides is 3. The van der Waals surface area contributed by atoms with Crippen LogP contribution >= 0.6 is 0 Å². The molecule has 0 radical (unpaired) electrons. The Morgan fingerprint density at radius 1 is 0.939 bits per heavy atom. The van der Waals surface area contributed by atoms with Gasteiger partial charge >= 0.3 is 0 Å². The van der Waals surface area contributed by atoms with Crippen molar-refractivity contribution in [2.24, 2.45) is 35.5 Å². The van der Waals surface area contributed by atoms with Crippen LogP contribution in [-0.2, 0) is 9.59 Å². The third kappa shape index (κ3) is 2.84. The van der Waals surface area contributed by atoms with Crippen LogP contribution in [0, 0.1) is 35.5 Å². The number of anilines is 2. The van der Waals surface area contributed by atoms with Crippen molar-refractivity contribution in [3.63, 3.8) is 0 Å². The maximum atomic E-state index is 13.5. The maximum Gasteiger partial charge on any atom is 0.257 e. The Morgan fingerprint density at radius 3 is 2.24 bits per heavy atom. The first-order chi connectivity index (χ1) is 16.0. The summed E-state index contributed by atoms with van der Waals surface area (Å²) in [5, 5.41) is 2.85. The van der Waals surface area contributed by atoms with E-state index in [0.717, 1.165) is 6.42 Å². The highest BCUT2D eigenvalue weighted by Gasteiger charge is 2.67. The van der Waals surface area contributed by atoms with Crippen molar-refractivity contribution in [3.8, 4) is 11.5 Å². The van der Waals surface area contributed by atoms with Crippen LogP contribution in [0.3, 0.4) is 0 Å². The van der Waals surface area contributed by atoms with E-state index in [0.29, 0.717) is 34.7 Å². The second-order valence-corrected chi connectivity index (χ2v) is 9.20. The smallest absolute Gasteiger partial charge is 0.257 e. The topological polar surface area (TPSA) is 84.9 Å². The lowest BCUT2D eigenvalue weighted by Gasteiger charge is -2.37. The zero-order valence-electron chi connectivity index (χ0n) is 18.4. The zero-order chi connectivity index (χ0) is 22.9. The molecule has 7 rings (SSSR count). The molecule has 1 heterocycles. The number of nitrogens with one attached hydrogen (secondary N) is 1. The van der Waals surface area contributed by atoms with Gasteiger partial charge in [-0.1, -0.05) is 24.3 Å². The number of hydrogen-bond acceptors (Lipinski definition) is 5. The van der Waals surface area contributed by atoms with Crippen molar-refractivity contribution >= 4 is 29.1 Å². The van der Waals surface area contributed by atoms with Gasteiger partial charge in [0.2, 0.25) is 11.8 Å². The molecule has 1 saturated heterocycles. The predicted molar refractivity (Wildman–Crippen MR) is 121 cm³/mol. The van der Waals surface area contributed by atoms with Crippen molar-refractivity contribution in [2.75, 3.05) is 24.4 Å². The number of rotatable bonds is 5. The van der Waals surface area contributed by atoms with Crippen molar-refractivity contribution < 1.29 is 23.9 Å². The molecule has 3 amide bonds. The van der Waals surface area contributed by atoms with Crippen LogP contribution in [0.4, 0.5) is 11.4 Å². The van der Waals surface area contributed by atoms with Crippen LogP contribution in [-0.4, -0.2) is 31.9 Å². The third-order valence-corrected chi connectivity index (χ3v) is 7.71. The van der Waals surface area contributed by atoms with Gasteiger partial charge < -0.3 is 14.8 Å². The minimum absolute atomic E-state index is 0.133. The molecule has 7 heteroatoms. The highest BCUT2D eigenvalue weighted by molar-refractivity contribution is 6.25. The Hall–Kier alpha value is -3.61. The molecule has 2 aromatic carbocycles. The van der Waals surface area contributed by atoms with Crippen LogP contribution in [0.25, 0.3) is 0 Å². The van der Waals surface area contributed by atoms with E-state index in [1.807, 2.05) is 0 Å². The number of methoxy groups -OCH3 is 2. The van der Waals surface area contributed by atoms with Gasteiger partial charge in [0.05, 0.1) is 43.0 Å². The number of benzene rings is 2. The lowest BCUT2D eigenvalue weighted by molar-refractivity contribution is -0.124. The molecule has 3 fully saturated rings. The fourth-order valence-electron chi connectivity index (χ4n) is 6.16. The maximum absolute atomic E-state index is 13.5. The lowest BCUT2D eigenvalue weighted by Crippen LogP contribution is -2.40. The highest BCUT2D eigenvalue weighted by atomic mass is 16.5. The van der Waals surface area contributed by atoms with Gasteiger partial charge in [-0.05, 0) is 54.4 Å². The summed E-state index contributed by atoms with van der Waals surface area (Å²) in [6.45, 7) is 0. The van der Waals surface area contributed by atoms with E-state index in [2.05, 4.69) is 17.5 Å². The van der Waals surface area contributed by atoms with Crippen molar-refractivity contribution in [2.45, 2.75) is 6.42 Å². The van der Waals surface area contributed by atoms with Gasteiger partial charge in [0.25, 0.3) is 5.91 Å². The SMILES string of the molecule is COc1ccc(OC)c(NC(=O)c2ccccc2N2C(=O)[C@@H]3[C@@H]4C=C[C@@H]([C@@H]5C[C@H]45)[C@@H]3C2=O)c1. The molecule has 33 heavy (non-hydrogen) atoms. The van der Waals surface area contributed by atoms with Gasteiger partial charge in [0.15, 0.2) is 0 Å². The first-order valence-electron chi connectivity index (χ1n) is 11.2. The van der Waals surface area contributed by atoms with Crippen LogP contribution in [0.15, 0.2) is 54.6 Å². The molecule has 2 aromatic rings. The molecule has 1 aliphatic heterocycles. The largest absolute Gasteiger partial charge is 0.497 e. The molecule has 5 aliphatic rings. The minimum Gasteiger partial charge on any atom is -0.497 e. The Balaban J connectivity index is 1.34. The van der Waals surface area contributed by atoms with Gasteiger partial charge in [-0.3, -0.25) is 14.4 Å². The van der Waals surface area contributed by atoms with Gasteiger partial charge in [-0.2, -0.15) is 0 Å². The number of para-hydroxylation sites is 1. The van der Waals surface area contributed by atoms with E-state index in [1.54, 1.807) is 49.6 Å². The van der Waals surface area contributed by atoms with Gasteiger partial charge in [-0.25, -0.2) is 4.90 Å². The van der Waals surface area contributed by atoms with E-state index in [4.69, 9.17) is 9.47 Å². The number of allylic oxidation sites excluding steroid dienone is 2. The van der Waals surface area contributed by atoms with Crippen molar-refractivity contribution in [1.29, 1.82) is 0 Å². The molecule has 0 unspecified atom stereocenters. The van der Waals surface area contributed by atoms with Gasteiger partial charge in [0.1, 0.15) is 11.5 Å². The van der Waals surface area contributed by atoms with E-state index < -0.39 is 5.91 Å². The average molecular weight is 444 g/mol. The molecule has 2 saturated carbocycles. The van der Waals surface area contributed by atoms with E-state index in [1.165, 1.54) is 12.0 Å². The first-order valence-corrected chi connectivity index (χ1v) is 11.2. The molecular weight excluding hydrogens is 420 g/mol. The number of nitrogens with zero attached hydrogens (tertiary/aromatic N) is 1. The lowest BCUT2D eigenvalue weighted by atomic mass is 9.63. The number of imide groups is 1. The summed E-state index contributed by atoms with van der Waals surface area (Å²) in [5.41, 5.74) is 1.02. The molecule has 6 atom stereocenters. The summed E-state index contributed by atoms with van der Waals surface area (Å²) in [5.74, 6) is 0.921. The minimum atomic E-state index is -0.434. The molecule has 168 valence electrons. The van der Waals surface area contributed by atoms with E-state index >= 15 is 0 Å². The number of ether oxygens (including phenoxy) is 2. The molecule has 7 nitrogen and oxygen atoms in total. The Kier molecular flexibility index (Phi) is 4.37. The molecule has 0 aromatic heterocycles. The van der Waals surface area contributed by atoms with Gasteiger partial charge in [-0.15, -0.1) is 0 Å². The summed E-state index contributed by atoms with van der Waals surface area (Å²) in [4.78, 5) is 41.6. The van der Waals surface area contributed by atoms with Crippen LogP contribution in [0.1, 0.15) is 16.8 Å². The monoisotopic (exact) mass is 444 g/mol. The number of carbonyl (C=O) groups is 3. The molecule has 1 N–H and O–H groups in total. The van der Waals surface area contributed by atoms with Crippen LogP contribution in [0.5, 0.6) is 11.5 Å². The molecule has 4 aliphatic carbocycles. The summed E-state index contributed by atoms with van der Waals surface area (Å²) in [7, 11) is 3.06. The predicted octanol–water partition coefficient (Wildman–Crippen LogP) is 3.51. The summed E-state index contributed by atoms with van der Waals surface area (Å²) in [6.07, 6.45) is 5.39. The second kappa shape index (κ2) is 7.20. The van der Waals surface area contributed by atoms with Gasteiger partial charge in [0, 0.05) is 6.07 Å². The summed E-state index contributed by atoms with van der Waals surface area (Å²) >= 11 is 0. The summed E-state index contributed by atoms with van der Waals surface area (Å²) < 4.78 is 10.6. The molecular formula is C26H24N2O5. The van der Waals surface area contributed by atoms with Crippen molar-refractivity contribution in [3.05, 3.63) is 60.2 Å². The summed E-state index contributed by atoms with van der Waals surface area (Å²) in [6, 6.07) is 11.9. The standard InChI is InChI=1S/C26H24N2O5/c1-32-13-7-10-21(33-2)19(11-13)27-24(29)16-5-3-4-6-20(16)28-25(30)22-14-8-9-15(18-12-17(14)18)23(22)26(28)31/h3-11,14-15,17-18,22-23H,12H2,1-2H3,(H,27,29)/t14-,15+,17-,18+,22-,23+. The first kappa shape index (κ1) is 20.0. The quantitative estimate of drug-likeness (QED) is 0.564. The average Bonchev–Trinajstić information content (AvgIpc) is 3.62. The Morgan fingerprint density at radius 2 is 1.61 bits per heavy atom. The van der Waals surface area contributed by atoms with E-state index in [9.17, 15) is 14.4 Å². The van der Waals surface area contributed by atoms with Crippen LogP contribution in [0.2, 0.25) is 0 Å². The number of carbonyl (C=O) groups excluding carboxylic acids is 3. The van der Waals surface area contributed by atoms with E-state index in [-0.39, 0.29) is 41.0 Å². The zero-order valence-corrected chi connectivity index (χ0v) is 18.4. The molecule has 2 bridgehead atoms. The normalized spacial score (nSPS) is 30.7.